The van der Waals surface area contributed by atoms with Gasteiger partial charge in [-0.2, -0.15) is 9.97 Å². The van der Waals surface area contributed by atoms with Gasteiger partial charge in [-0.1, -0.05) is 30.3 Å². The molecule has 0 radical (unpaired) electrons. The van der Waals surface area contributed by atoms with E-state index in [2.05, 4.69) is 46.0 Å². The minimum Gasteiger partial charge on any atom is -0.508 e. The van der Waals surface area contributed by atoms with Gasteiger partial charge in [0.2, 0.25) is 5.91 Å². The van der Waals surface area contributed by atoms with Crippen LogP contribution >= 0.6 is 0 Å². The van der Waals surface area contributed by atoms with Crippen LogP contribution < -0.4 is 9.64 Å². The van der Waals surface area contributed by atoms with Gasteiger partial charge in [0.25, 0.3) is 0 Å². The number of piperazine rings is 1. The van der Waals surface area contributed by atoms with Crippen LogP contribution in [-0.4, -0.2) is 118 Å². The fourth-order valence-electron chi connectivity index (χ4n) is 7.83. The van der Waals surface area contributed by atoms with Crippen molar-refractivity contribution in [3.63, 3.8) is 0 Å². The number of hydrogen-bond acceptors (Lipinski definition) is 9. The van der Waals surface area contributed by atoms with Gasteiger partial charge in [0.1, 0.15) is 18.2 Å². The first-order chi connectivity index (χ1) is 21.9. The minimum atomic E-state index is -0.384. The van der Waals surface area contributed by atoms with Crippen molar-refractivity contribution >= 4 is 33.4 Å². The van der Waals surface area contributed by atoms with E-state index in [1.165, 1.54) is 6.42 Å². The van der Waals surface area contributed by atoms with E-state index in [0.29, 0.717) is 38.3 Å². The van der Waals surface area contributed by atoms with Gasteiger partial charge in [-0.25, -0.2) is 0 Å². The van der Waals surface area contributed by atoms with Crippen LogP contribution in [-0.2, 0) is 4.79 Å². The summed E-state index contributed by atoms with van der Waals surface area (Å²) in [4.78, 5) is 31.6. The maximum Gasteiger partial charge on any atom is 0.319 e. The number of phenols is 1. The zero-order valence-corrected chi connectivity index (χ0v) is 25.7. The molecule has 0 spiro atoms. The number of carbonyl (C=O) groups is 1. The van der Waals surface area contributed by atoms with E-state index in [1.54, 1.807) is 11.0 Å². The Labute approximate surface area is 262 Å². The molecule has 10 heteroatoms. The molecule has 45 heavy (non-hydrogen) atoms. The number of carbonyl (C=O) groups excluding carboxylic acids is 1. The summed E-state index contributed by atoms with van der Waals surface area (Å²) in [5.41, 5.74) is 2.74. The normalized spacial score (nSPS) is 24.1. The number of aromatic nitrogens is 2. The van der Waals surface area contributed by atoms with Crippen molar-refractivity contribution < 1.29 is 19.7 Å². The lowest BCUT2D eigenvalue weighted by Gasteiger charge is -2.43. The van der Waals surface area contributed by atoms with Crippen LogP contribution in [0.5, 0.6) is 11.8 Å². The minimum absolute atomic E-state index is 0.0974. The molecule has 4 aliphatic rings. The van der Waals surface area contributed by atoms with E-state index in [-0.39, 0.29) is 29.8 Å². The lowest BCUT2D eigenvalue weighted by Crippen LogP contribution is -2.59. The molecule has 3 aromatic carbocycles. The second kappa shape index (κ2) is 11.4. The number of rotatable bonds is 7. The summed E-state index contributed by atoms with van der Waals surface area (Å²) in [6, 6.07) is 19.2. The Morgan fingerprint density at radius 2 is 1.76 bits per heavy atom. The molecule has 1 aromatic heterocycles. The molecule has 2 unspecified atom stereocenters. The molecule has 5 heterocycles. The highest BCUT2D eigenvalue weighted by Gasteiger charge is 2.42. The largest absolute Gasteiger partial charge is 0.508 e. The van der Waals surface area contributed by atoms with E-state index in [1.807, 2.05) is 24.3 Å². The summed E-state index contributed by atoms with van der Waals surface area (Å²) in [5, 5.41) is 23.2. The second-order valence-electron chi connectivity index (χ2n) is 13.3. The fraction of sp³-hybridized carbons (Fsp3) is 0.457. The summed E-state index contributed by atoms with van der Waals surface area (Å²) in [7, 11) is 2.14. The van der Waals surface area contributed by atoms with Gasteiger partial charge >= 0.3 is 6.01 Å². The third-order valence-corrected chi connectivity index (χ3v) is 10.3. The lowest BCUT2D eigenvalue weighted by molar-refractivity contribution is -0.142. The summed E-state index contributed by atoms with van der Waals surface area (Å²) in [5.74, 6) is 1.22. The van der Waals surface area contributed by atoms with Crippen molar-refractivity contribution in [3.05, 3.63) is 54.6 Å². The number of aliphatic hydroxyl groups excluding tert-OH is 1. The molecular weight excluding hydrogens is 568 g/mol. The van der Waals surface area contributed by atoms with Crippen LogP contribution in [0.25, 0.3) is 32.8 Å². The number of amides is 1. The van der Waals surface area contributed by atoms with Crippen LogP contribution in [0.4, 0.5) is 5.82 Å². The number of nitrogens with zero attached hydrogens (tertiary/aromatic N) is 6. The van der Waals surface area contributed by atoms with Crippen molar-refractivity contribution in [1.29, 1.82) is 0 Å². The third-order valence-electron chi connectivity index (χ3n) is 10.3. The van der Waals surface area contributed by atoms with Crippen molar-refractivity contribution in [2.24, 2.45) is 0 Å². The summed E-state index contributed by atoms with van der Waals surface area (Å²) in [6.45, 7) is 4.49. The molecule has 4 aromatic rings. The Kier molecular flexibility index (Phi) is 7.23. The predicted molar refractivity (Wildman–Crippen MR) is 174 cm³/mol. The van der Waals surface area contributed by atoms with Crippen LogP contribution in [0.2, 0.25) is 0 Å². The van der Waals surface area contributed by atoms with Gasteiger partial charge < -0.3 is 29.6 Å². The Morgan fingerprint density at radius 1 is 0.956 bits per heavy atom. The molecule has 1 amide bonds. The Hall–Kier alpha value is -3.99. The van der Waals surface area contributed by atoms with E-state index in [4.69, 9.17) is 14.7 Å². The quantitative estimate of drug-likeness (QED) is 0.326. The van der Waals surface area contributed by atoms with Crippen molar-refractivity contribution in [3.8, 4) is 22.9 Å². The van der Waals surface area contributed by atoms with E-state index < -0.39 is 0 Å². The number of likely N-dealkylation sites (tertiary alicyclic amines) is 3. The topological polar surface area (TPSA) is 106 Å². The fourth-order valence-corrected chi connectivity index (χ4v) is 7.83. The third kappa shape index (κ3) is 5.34. The van der Waals surface area contributed by atoms with Crippen LogP contribution in [0, 0.1) is 0 Å². The maximum atomic E-state index is 12.8. The molecule has 3 atom stereocenters. The van der Waals surface area contributed by atoms with Crippen molar-refractivity contribution in [2.45, 2.75) is 49.9 Å². The number of β-amino-alcohol motifs (C(OH)–C–C–N with tert-alkyl or cyclic N) is 1. The first-order valence-corrected chi connectivity index (χ1v) is 16.2. The first-order valence-electron chi connectivity index (χ1n) is 16.2. The Balaban J connectivity index is 1.14. The van der Waals surface area contributed by atoms with Crippen molar-refractivity contribution in [2.75, 3.05) is 57.8 Å². The van der Waals surface area contributed by atoms with Crippen LogP contribution in [0.3, 0.4) is 0 Å². The monoisotopic (exact) mass is 608 g/mol. The van der Waals surface area contributed by atoms with Gasteiger partial charge in [0.05, 0.1) is 18.2 Å². The van der Waals surface area contributed by atoms with E-state index >= 15 is 0 Å². The molecule has 0 aliphatic carbocycles. The van der Waals surface area contributed by atoms with Gasteiger partial charge in [-0.05, 0) is 85.4 Å². The summed E-state index contributed by atoms with van der Waals surface area (Å²) >= 11 is 0. The Bertz CT molecular complexity index is 1750. The van der Waals surface area contributed by atoms with E-state index in [0.717, 1.165) is 77.5 Å². The summed E-state index contributed by atoms with van der Waals surface area (Å²) in [6.07, 6.45) is 3.97. The second-order valence-corrected chi connectivity index (χ2v) is 13.3. The van der Waals surface area contributed by atoms with Gasteiger partial charge in [-0.3, -0.25) is 9.69 Å². The average Bonchev–Trinajstić information content (AvgIpc) is 3.55. The highest BCUT2D eigenvalue weighted by atomic mass is 16.5. The summed E-state index contributed by atoms with van der Waals surface area (Å²) < 4.78 is 6.34. The average molecular weight is 609 g/mol. The highest BCUT2D eigenvalue weighted by Crippen LogP contribution is 2.40. The SMILES string of the molecule is CN1CCC[C@H]1COc1nc(N2C3CCC2CN(CC(=O)N2CC(O)C2)C3)c2ccc(-c3cc(O)cc4ccccc34)cc2n1. The number of benzene rings is 3. The number of aromatic hydroxyl groups is 1. The Morgan fingerprint density at radius 3 is 2.51 bits per heavy atom. The molecule has 10 nitrogen and oxygen atoms in total. The number of fused-ring (bicyclic) bond motifs is 4. The molecular formula is C35H40N6O4. The predicted octanol–water partition coefficient (Wildman–Crippen LogP) is 3.48. The number of aliphatic hydroxyl groups is 1. The van der Waals surface area contributed by atoms with Crippen molar-refractivity contribution in [1.82, 2.24) is 24.7 Å². The van der Waals surface area contributed by atoms with Gasteiger partial charge in [-0.15, -0.1) is 0 Å². The highest BCUT2D eigenvalue weighted by molar-refractivity contribution is 6.01. The zero-order valence-electron chi connectivity index (χ0n) is 25.7. The number of anilines is 1. The van der Waals surface area contributed by atoms with Gasteiger partial charge in [0, 0.05) is 49.7 Å². The zero-order chi connectivity index (χ0) is 30.7. The number of phenolic OH excluding ortho intramolecular Hbond substituents is 1. The molecule has 4 fully saturated rings. The lowest BCUT2D eigenvalue weighted by atomic mass is 9.97. The molecule has 0 saturated carbocycles. The maximum absolute atomic E-state index is 12.8. The number of likely N-dealkylation sites (N-methyl/N-ethyl adjacent to an activating group) is 1. The molecule has 4 saturated heterocycles. The van der Waals surface area contributed by atoms with E-state index in [9.17, 15) is 15.0 Å². The molecule has 234 valence electrons. The van der Waals surface area contributed by atoms with Crippen LogP contribution in [0.15, 0.2) is 54.6 Å². The number of hydrogen-bond donors (Lipinski definition) is 2. The molecule has 8 rings (SSSR count). The van der Waals surface area contributed by atoms with Gasteiger partial charge in [0.15, 0.2) is 0 Å². The molecule has 4 aliphatic heterocycles. The smallest absolute Gasteiger partial charge is 0.319 e. The standard InChI is InChI=1S/C35H40N6O4/c1-38-12-4-6-26(38)21-45-35-36-32-14-23(31-15-27(42)13-22-5-2-3-7-29(22)31)8-11-30(32)34(37-35)41-24-9-10-25(41)17-39(16-24)20-33(44)40-18-28(43)19-40/h2-3,5,7-8,11,13-15,24-26,28,42-43H,4,6,9-10,12,16-21H2,1H3/t24?,25?,26-/m0/s1. The molecule has 2 bridgehead atoms. The molecule has 2 N–H and O–H groups in total. The first kappa shape index (κ1) is 28.5. The number of ether oxygens (including phenoxy) is 1. The van der Waals surface area contributed by atoms with Crippen LogP contribution in [0.1, 0.15) is 25.7 Å².